The third kappa shape index (κ3) is 2.17. The van der Waals surface area contributed by atoms with Crippen molar-refractivity contribution < 1.29 is 4.74 Å². The van der Waals surface area contributed by atoms with Crippen molar-refractivity contribution in [1.29, 1.82) is 0 Å². The molecule has 1 atom stereocenters. The number of hydrogen-bond donors (Lipinski definition) is 0. The normalized spacial score (nSPS) is 20.2. The van der Waals surface area contributed by atoms with Gasteiger partial charge >= 0.3 is 0 Å². The third-order valence-electron chi connectivity index (χ3n) is 3.49. The standard InChI is InChI=1S/C13H17ClN4O/c1-3-11-15-7-12-16-10(14)6-13(18(11)12)17-4-5-19-8-9(17)2/h6-7,9H,3-5,8H2,1-2H3/t9-/m1/s1. The van der Waals surface area contributed by atoms with Gasteiger partial charge in [0.25, 0.3) is 0 Å². The van der Waals surface area contributed by atoms with Gasteiger partial charge < -0.3 is 9.64 Å². The second-order valence-corrected chi connectivity index (χ2v) is 5.16. The van der Waals surface area contributed by atoms with Crippen LogP contribution in [-0.2, 0) is 11.2 Å². The van der Waals surface area contributed by atoms with Crippen molar-refractivity contribution >= 4 is 23.1 Å². The summed E-state index contributed by atoms with van der Waals surface area (Å²) in [5, 5.41) is 0.503. The quantitative estimate of drug-likeness (QED) is 0.791. The summed E-state index contributed by atoms with van der Waals surface area (Å²) in [5.41, 5.74) is 0.804. The summed E-state index contributed by atoms with van der Waals surface area (Å²) in [7, 11) is 0. The Morgan fingerprint density at radius 1 is 1.53 bits per heavy atom. The first-order valence-corrected chi connectivity index (χ1v) is 6.95. The monoisotopic (exact) mass is 280 g/mol. The Morgan fingerprint density at radius 3 is 3.11 bits per heavy atom. The van der Waals surface area contributed by atoms with Crippen LogP contribution in [0.2, 0.25) is 5.15 Å². The molecule has 0 amide bonds. The van der Waals surface area contributed by atoms with Crippen LogP contribution in [0.1, 0.15) is 19.7 Å². The number of imidazole rings is 1. The number of aryl methyl sites for hydroxylation is 1. The summed E-state index contributed by atoms with van der Waals surface area (Å²) in [5.74, 6) is 2.06. The minimum Gasteiger partial charge on any atom is -0.377 e. The second-order valence-electron chi connectivity index (χ2n) is 4.78. The highest BCUT2D eigenvalue weighted by Crippen LogP contribution is 2.25. The van der Waals surface area contributed by atoms with Crippen molar-refractivity contribution in [2.45, 2.75) is 26.3 Å². The summed E-state index contributed by atoms with van der Waals surface area (Å²) < 4.78 is 7.59. The van der Waals surface area contributed by atoms with Crippen LogP contribution in [-0.4, -0.2) is 40.2 Å². The summed E-state index contributed by atoms with van der Waals surface area (Å²) in [4.78, 5) is 11.1. The molecule has 6 heteroatoms. The van der Waals surface area contributed by atoms with Gasteiger partial charge in [-0.2, -0.15) is 0 Å². The molecule has 102 valence electrons. The molecule has 0 radical (unpaired) electrons. The number of aromatic nitrogens is 3. The van der Waals surface area contributed by atoms with E-state index in [0.717, 1.165) is 43.5 Å². The average molecular weight is 281 g/mol. The van der Waals surface area contributed by atoms with Gasteiger partial charge in [-0.25, -0.2) is 9.97 Å². The molecular weight excluding hydrogens is 264 g/mol. The molecule has 3 rings (SSSR count). The zero-order chi connectivity index (χ0) is 13.4. The first kappa shape index (κ1) is 12.7. The Kier molecular flexibility index (Phi) is 3.33. The largest absolute Gasteiger partial charge is 0.377 e. The fourth-order valence-electron chi connectivity index (χ4n) is 2.55. The molecule has 0 unspecified atom stereocenters. The van der Waals surface area contributed by atoms with E-state index in [1.165, 1.54) is 0 Å². The zero-order valence-electron chi connectivity index (χ0n) is 11.1. The number of morpholine rings is 1. The summed E-state index contributed by atoms with van der Waals surface area (Å²) >= 11 is 6.13. The van der Waals surface area contributed by atoms with Crippen molar-refractivity contribution in [3.63, 3.8) is 0 Å². The van der Waals surface area contributed by atoms with Crippen LogP contribution < -0.4 is 4.90 Å². The highest BCUT2D eigenvalue weighted by molar-refractivity contribution is 6.29. The predicted octanol–water partition coefficient (Wildman–Crippen LogP) is 2.17. The van der Waals surface area contributed by atoms with Crippen molar-refractivity contribution in [1.82, 2.24) is 14.4 Å². The molecule has 2 aromatic rings. The molecule has 1 fully saturated rings. The van der Waals surface area contributed by atoms with Crippen LogP contribution in [0.5, 0.6) is 0 Å². The number of nitrogens with zero attached hydrogens (tertiary/aromatic N) is 4. The van der Waals surface area contributed by atoms with Crippen molar-refractivity contribution in [2.75, 3.05) is 24.7 Å². The van der Waals surface area contributed by atoms with Crippen LogP contribution in [0.25, 0.3) is 5.65 Å². The van der Waals surface area contributed by atoms with Crippen LogP contribution in [0.3, 0.4) is 0 Å². The van der Waals surface area contributed by atoms with Crippen LogP contribution in [0.4, 0.5) is 5.82 Å². The molecule has 0 spiro atoms. The molecule has 0 aliphatic carbocycles. The smallest absolute Gasteiger partial charge is 0.159 e. The number of anilines is 1. The Bertz CT molecular complexity index is 598. The number of halogens is 1. The first-order chi connectivity index (χ1) is 9.20. The van der Waals surface area contributed by atoms with Crippen molar-refractivity contribution in [3.8, 4) is 0 Å². The lowest BCUT2D eigenvalue weighted by Crippen LogP contribution is -2.44. The molecular formula is C13H17ClN4O. The Labute approximate surface area is 117 Å². The van der Waals surface area contributed by atoms with E-state index in [1.54, 1.807) is 6.20 Å². The van der Waals surface area contributed by atoms with E-state index in [2.05, 4.69) is 33.1 Å². The fourth-order valence-corrected chi connectivity index (χ4v) is 2.73. The molecule has 1 aliphatic rings. The maximum atomic E-state index is 6.13. The zero-order valence-corrected chi connectivity index (χ0v) is 11.9. The lowest BCUT2D eigenvalue weighted by atomic mass is 10.2. The van der Waals surface area contributed by atoms with E-state index < -0.39 is 0 Å². The number of hydrogen-bond acceptors (Lipinski definition) is 4. The Balaban J connectivity index is 2.17. The van der Waals surface area contributed by atoms with Crippen LogP contribution in [0.15, 0.2) is 12.3 Å². The van der Waals surface area contributed by atoms with E-state index >= 15 is 0 Å². The van der Waals surface area contributed by atoms with Gasteiger partial charge in [0.15, 0.2) is 5.65 Å². The van der Waals surface area contributed by atoms with Gasteiger partial charge in [0, 0.05) is 19.0 Å². The minimum absolute atomic E-state index is 0.322. The molecule has 5 nitrogen and oxygen atoms in total. The summed E-state index contributed by atoms with van der Waals surface area (Å²) in [6.07, 6.45) is 2.64. The number of rotatable bonds is 2. The molecule has 1 aliphatic heterocycles. The predicted molar refractivity (Wildman–Crippen MR) is 75.0 cm³/mol. The van der Waals surface area contributed by atoms with Gasteiger partial charge in [-0.15, -0.1) is 0 Å². The molecule has 1 saturated heterocycles. The fraction of sp³-hybridized carbons (Fsp3) is 0.538. The molecule has 0 N–H and O–H groups in total. The molecule has 0 bridgehead atoms. The second kappa shape index (κ2) is 4.98. The lowest BCUT2D eigenvalue weighted by molar-refractivity contribution is 0.0984. The van der Waals surface area contributed by atoms with E-state index in [9.17, 15) is 0 Å². The summed E-state index contributed by atoms with van der Waals surface area (Å²) in [6, 6.07) is 2.24. The minimum atomic E-state index is 0.322. The van der Waals surface area contributed by atoms with Gasteiger partial charge in [0.1, 0.15) is 16.8 Å². The van der Waals surface area contributed by atoms with Gasteiger partial charge in [0.05, 0.1) is 25.5 Å². The Hall–Kier alpha value is -1.33. The molecule has 0 saturated carbocycles. The SMILES string of the molecule is CCc1ncc2nc(Cl)cc(N3CCOC[C@H]3C)n12. The number of fused-ring (bicyclic) bond motifs is 1. The highest BCUT2D eigenvalue weighted by Gasteiger charge is 2.23. The lowest BCUT2D eigenvalue weighted by Gasteiger charge is -2.35. The van der Waals surface area contributed by atoms with E-state index in [4.69, 9.17) is 16.3 Å². The molecule has 3 heterocycles. The van der Waals surface area contributed by atoms with Crippen LogP contribution in [0, 0.1) is 0 Å². The molecule has 0 aromatic carbocycles. The summed E-state index contributed by atoms with van der Waals surface area (Å²) in [6.45, 7) is 6.58. The number of ether oxygens (including phenoxy) is 1. The van der Waals surface area contributed by atoms with E-state index in [0.29, 0.717) is 11.2 Å². The first-order valence-electron chi connectivity index (χ1n) is 6.58. The molecule has 19 heavy (non-hydrogen) atoms. The van der Waals surface area contributed by atoms with E-state index in [1.807, 2.05) is 6.07 Å². The van der Waals surface area contributed by atoms with Gasteiger partial charge in [-0.3, -0.25) is 4.40 Å². The van der Waals surface area contributed by atoms with Crippen molar-refractivity contribution in [3.05, 3.63) is 23.2 Å². The highest BCUT2D eigenvalue weighted by atomic mass is 35.5. The van der Waals surface area contributed by atoms with Gasteiger partial charge in [-0.1, -0.05) is 18.5 Å². The molecule has 2 aromatic heterocycles. The maximum absolute atomic E-state index is 6.13. The Morgan fingerprint density at radius 2 is 2.37 bits per heavy atom. The van der Waals surface area contributed by atoms with Crippen LogP contribution >= 0.6 is 11.6 Å². The van der Waals surface area contributed by atoms with Gasteiger partial charge in [0.2, 0.25) is 0 Å². The topological polar surface area (TPSA) is 42.7 Å². The maximum Gasteiger partial charge on any atom is 0.159 e. The van der Waals surface area contributed by atoms with E-state index in [-0.39, 0.29) is 0 Å². The third-order valence-corrected chi connectivity index (χ3v) is 3.69. The average Bonchev–Trinajstić information content (AvgIpc) is 2.81. The van der Waals surface area contributed by atoms with Crippen molar-refractivity contribution in [2.24, 2.45) is 0 Å². The van der Waals surface area contributed by atoms with Gasteiger partial charge in [-0.05, 0) is 6.92 Å².